The first kappa shape index (κ1) is 22.1. The van der Waals surface area contributed by atoms with Gasteiger partial charge in [-0.15, -0.1) is 0 Å². The van der Waals surface area contributed by atoms with E-state index in [2.05, 4.69) is 15.3 Å². The number of nitrogens with zero attached hydrogens (tertiary/aromatic N) is 2. The summed E-state index contributed by atoms with van der Waals surface area (Å²) in [4.78, 5) is 20.0. The number of carbonyl (C=O) groups is 1. The van der Waals surface area contributed by atoms with Gasteiger partial charge in [-0.1, -0.05) is 31.9 Å². The van der Waals surface area contributed by atoms with Crippen molar-refractivity contribution in [2.75, 3.05) is 12.4 Å². The minimum absolute atomic E-state index is 0.437. The number of ether oxygens (including phenoxy) is 2. The van der Waals surface area contributed by atoms with Gasteiger partial charge in [-0.2, -0.15) is 0 Å². The Bertz CT molecular complexity index is 992. The molecule has 31 heavy (non-hydrogen) atoms. The Morgan fingerprint density at radius 1 is 1.10 bits per heavy atom. The summed E-state index contributed by atoms with van der Waals surface area (Å²) >= 11 is 0. The number of benzene rings is 2. The van der Waals surface area contributed by atoms with Crippen LogP contribution in [0.1, 0.15) is 31.7 Å². The fourth-order valence-electron chi connectivity index (χ4n) is 3.09. The van der Waals surface area contributed by atoms with E-state index in [0.717, 1.165) is 35.5 Å². The highest BCUT2D eigenvalue weighted by Crippen LogP contribution is 2.23. The number of rotatable bonds is 11. The zero-order valence-electron chi connectivity index (χ0n) is 17.7. The summed E-state index contributed by atoms with van der Waals surface area (Å²) in [6.07, 6.45) is 3.75. The van der Waals surface area contributed by atoms with E-state index >= 15 is 0 Å². The van der Waals surface area contributed by atoms with E-state index in [1.54, 1.807) is 13.2 Å². The highest BCUT2D eigenvalue weighted by molar-refractivity contribution is 5.77. The van der Waals surface area contributed by atoms with Gasteiger partial charge in [0.15, 0.2) is 0 Å². The van der Waals surface area contributed by atoms with Gasteiger partial charge < -0.3 is 19.9 Å². The number of aliphatic carboxylic acids is 1. The first-order valence-electron chi connectivity index (χ1n) is 10.3. The summed E-state index contributed by atoms with van der Waals surface area (Å²) < 4.78 is 11.1. The third-order valence-electron chi connectivity index (χ3n) is 4.82. The summed E-state index contributed by atoms with van der Waals surface area (Å²) in [5.41, 5.74) is 2.61. The van der Waals surface area contributed by atoms with Crippen molar-refractivity contribution in [3.8, 4) is 22.8 Å². The number of nitrogens with one attached hydrogen (secondary N) is 1. The second-order valence-corrected chi connectivity index (χ2v) is 7.13. The van der Waals surface area contributed by atoms with Crippen LogP contribution in [-0.2, 0) is 11.4 Å². The molecule has 0 aliphatic rings. The molecule has 0 unspecified atom stereocenters. The Morgan fingerprint density at radius 2 is 1.90 bits per heavy atom. The Hall–Kier alpha value is -3.61. The predicted octanol–water partition coefficient (Wildman–Crippen LogP) is 4.79. The molecule has 0 bridgehead atoms. The van der Waals surface area contributed by atoms with Gasteiger partial charge in [0.25, 0.3) is 0 Å². The van der Waals surface area contributed by atoms with Gasteiger partial charge in [-0.05, 0) is 48.4 Å². The number of anilines is 1. The number of unbranched alkanes of at least 4 members (excludes halogenated alkanes) is 1. The molecular weight excluding hydrogens is 394 g/mol. The van der Waals surface area contributed by atoms with Crippen molar-refractivity contribution in [3.05, 3.63) is 66.5 Å². The highest BCUT2D eigenvalue weighted by atomic mass is 16.5. The van der Waals surface area contributed by atoms with Crippen LogP contribution < -0.4 is 14.8 Å². The summed E-state index contributed by atoms with van der Waals surface area (Å²) in [5.74, 6) is 1.15. The summed E-state index contributed by atoms with van der Waals surface area (Å²) in [5, 5.41) is 12.4. The molecule has 1 heterocycles. The van der Waals surface area contributed by atoms with Crippen molar-refractivity contribution in [1.82, 2.24) is 9.97 Å². The average molecular weight is 421 g/mol. The van der Waals surface area contributed by atoms with Crippen molar-refractivity contribution in [2.45, 2.75) is 38.8 Å². The fraction of sp³-hybridized carbons (Fsp3) is 0.292. The van der Waals surface area contributed by atoms with Crippen LogP contribution in [0.5, 0.6) is 11.5 Å². The number of hydrogen-bond donors (Lipinski definition) is 2. The standard InChI is InChI=1S/C24H27N3O4/c1-3-4-8-21(24(28)29)27-23-14-22(25-16-26-23)18-9-11-19(12-10-18)31-15-17-6-5-7-20(13-17)30-2/h5-7,9-14,16,21H,3-4,8,15H2,1-2H3,(H,28,29)(H,25,26,27)/t21-/m0/s1. The summed E-state index contributed by atoms with van der Waals surface area (Å²) in [6, 6.07) is 16.4. The lowest BCUT2D eigenvalue weighted by molar-refractivity contribution is -0.138. The zero-order chi connectivity index (χ0) is 22.1. The fourth-order valence-corrected chi connectivity index (χ4v) is 3.09. The molecule has 2 aromatic carbocycles. The van der Waals surface area contributed by atoms with Gasteiger partial charge in [-0.25, -0.2) is 14.8 Å². The smallest absolute Gasteiger partial charge is 0.326 e. The predicted molar refractivity (Wildman–Crippen MR) is 119 cm³/mol. The molecule has 0 aliphatic carbocycles. The molecule has 0 fully saturated rings. The molecule has 7 heteroatoms. The Kier molecular flexibility index (Phi) is 7.81. The molecule has 2 N–H and O–H groups in total. The SMILES string of the molecule is CCCC[C@H](Nc1cc(-c2ccc(OCc3cccc(OC)c3)cc2)ncn1)C(=O)O. The molecule has 0 spiro atoms. The van der Waals surface area contributed by atoms with E-state index in [9.17, 15) is 9.90 Å². The van der Waals surface area contributed by atoms with Crippen LogP contribution in [-0.4, -0.2) is 34.2 Å². The largest absolute Gasteiger partial charge is 0.497 e. The first-order valence-corrected chi connectivity index (χ1v) is 10.3. The van der Waals surface area contributed by atoms with E-state index in [1.165, 1.54) is 6.33 Å². The van der Waals surface area contributed by atoms with Gasteiger partial charge >= 0.3 is 5.97 Å². The van der Waals surface area contributed by atoms with Gasteiger partial charge in [-0.3, -0.25) is 0 Å². The molecule has 0 saturated carbocycles. The van der Waals surface area contributed by atoms with Crippen LogP contribution in [0.3, 0.4) is 0 Å². The third-order valence-corrected chi connectivity index (χ3v) is 4.82. The lowest BCUT2D eigenvalue weighted by Crippen LogP contribution is -2.29. The molecule has 162 valence electrons. The average Bonchev–Trinajstić information content (AvgIpc) is 2.81. The Morgan fingerprint density at radius 3 is 2.61 bits per heavy atom. The number of carboxylic acids is 1. The summed E-state index contributed by atoms with van der Waals surface area (Å²) in [7, 11) is 1.64. The minimum atomic E-state index is -0.883. The molecule has 1 atom stereocenters. The quantitative estimate of drug-likeness (QED) is 0.460. The molecule has 0 aliphatic heterocycles. The Balaban J connectivity index is 1.65. The monoisotopic (exact) mass is 421 g/mol. The van der Waals surface area contributed by atoms with Crippen LogP contribution in [0, 0.1) is 0 Å². The first-order chi connectivity index (χ1) is 15.1. The maximum atomic E-state index is 11.5. The lowest BCUT2D eigenvalue weighted by atomic mass is 10.1. The lowest BCUT2D eigenvalue weighted by Gasteiger charge is -2.15. The van der Waals surface area contributed by atoms with Gasteiger partial charge in [0.2, 0.25) is 0 Å². The van der Waals surface area contributed by atoms with Crippen molar-refractivity contribution in [1.29, 1.82) is 0 Å². The molecular formula is C24H27N3O4. The maximum Gasteiger partial charge on any atom is 0.326 e. The normalized spacial score (nSPS) is 11.5. The minimum Gasteiger partial charge on any atom is -0.497 e. The molecule has 7 nitrogen and oxygen atoms in total. The van der Waals surface area contributed by atoms with Gasteiger partial charge in [0.1, 0.15) is 36.3 Å². The molecule has 0 radical (unpaired) electrons. The number of hydrogen-bond acceptors (Lipinski definition) is 6. The van der Waals surface area contributed by atoms with E-state index < -0.39 is 12.0 Å². The number of carboxylic acid groups (broad SMARTS) is 1. The van der Waals surface area contributed by atoms with Crippen LogP contribution in [0.4, 0.5) is 5.82 Å². The Labute approximate surface area is 182 Å². The number of methoxy groups -OCH3 is 1. The van der Waals surface area contributed by atoms with Crippen molar-refractivity contribution in [2.24, 2.45) is 0 Å². The van der Waals surface area contributed by atoms with Crippen LogP contribution in [0.15, 0.2) is 60.9 Å². The van der Waals surface area contributed by atoms with E-state index in [4.69, 9.17) is 9.47 Å². The third kappa shape index (κ3) is 6.44. The molecule has 0 amide bonds. The van der Waals surface area contributed by atoms with Gasteiger partial charge in [0, 0.05) is 11.6 Å². The molecule has 0 saturated heterocycles. The maximum absolute atomic E-state index is 11.5. The topological polar surface area (TPSA) is 93.6 Å². The van der Waals surface area contributed by atoms with Crippen LogP contribution in [0.2, 0.25) is 0 Å². The van der Waals surface area contributed by atoms with Crippen molar-refractivity contribution in [3.63, 3.8) is 0 Å². The zero-order valence-corrected chi connectivity index (χ0v) is 17.7. The molecule has 3 rings (SSSR count). The van der Waals surface area contributed by atoms with Crippen LogP contribution >= 0.6 is 0 Å². The summed E-state index contributed by atoms with van der Waals surface area (Å²) in [6.45, 7) is 2.47. The highest BCUT2D eigenvalue weighted by Gasteiger charge is 2.17. The molecule has 1 aromatic heterocycles. The van der Waals surface area contributed by atoms with E-state index in [-0.39, 0.29) is 0 Å². The van der Waals surface area contributed by atoms with Crippen LogP contribution in [0.25, 0.3) is 11.3 Å². The van der Waals surface area contributed by atoms with E-state index in [1.807, 2.05) is 55.5 Å². The molecule has 3 aromatic rings. The van der Waals surface area contributed by atoms with E-state index in [0.29, 0.717) is 24.5 Å². The second kappa shape index (κ2) is 11.0. The van der Waals surface area contributed by atoms with Crippen molar-refractivity contribution < 1.29 is 19.4 Å². The van der Waals surface area contributed by atoms with Gasteiger partial charge in [0.05, 0.1) is 12.8 Å². The second-order valence-electron chi connectivity index (χ2n) is 7.13. The number of aromatic nitrogens is 2. The van der Waals surface area contributed by atoms with Crippen molar-refractivity contribution >= 4 is 11.8 Å².